The lowest BCUT2D eigenvalue weighted by molar-refractivity contribution is -0.149. The van der Waals surface area contributed by atoms with Crippen LogP contribution in [0.4, 0.5) is 4.39 Å². The number of carbonyl (C=O) groups is 2. The van der Waals surface area contributed by atoms with Crippen LogP contribution in [0.1, 0.15) is 34.6 Å². The molecule has 1 amide bonds. The molecule has 1 aliphatic rings. The maximum absolute atomic E-state index is 14.4. The summed E-state index contributed by atoms with van der Waals surface area (Å²) in [6.45, 7) is 10.7. The van der Waals surface area contributed by atoms with Gasteiger partial charge in [-0.2, -0.15) is 5.09 Å². The van der Waals surface area contributed by atoms with Crippen LogP contribution in [0.15, 0.2) is 53.7 Å². The highest BCUT2D eigenvalue weighted by atomic mass is 35.5. The largest absolute Gasteiger partial charge is 0.462 e. The van der Waals surface area contributed by atoms with Crippen LogP contribution in [-0.4, -0.2) is 77.3 Å². The van der Waals surface area contributed by atoms with Crippen molar-refractivity contribution in [3.8, 4) is 11.8 Å². The number of aliphatic hydroxyl groups is 1. The Balaban J connectivity index is 3.39. The first-order valence-corrected chi connectivity index (χ1v) is 14.3. The summed E-state index contributed by atoms with van der Waals surface area (Å²) < 4.78 is 50.3. The van der Waals surface area contributed by atoms with E-state index in [-0.39, 0.29) is 12.2 Å². The number of alkyl halides is 1. The fourth-order valence-corrected chi connectivity index (χ4v) is 5.28. The van der Waals surface area contributed by atoms with Crippen molar-refractivity contribution in [2.75, 3.05) is 13.7 Å². The van der Waals surface area contributed by atoms with Gasteiger partial charge in [0.1, 0.15) is 24.0 Å². The van der Waals surface area contributed by atoms with Gasteiger partial charge in [-0.1, -0.05) is 36.3 Å². The summed E-state index contributed by atoms with van der Waals surface area (Å²) in [5.74, 6) is 2.88. The highest BCUT2D eigenvalue weighted by molar-refractivity contribution is 7.51. The molecule has 4 N–H and O–H groups in total. The van der Waals surface area contributed by atoms with E-state index in [1.165, 1.54) is 39.1 Å². The molecule has 12 nitrogen and oxygen atoms in total. The zero-order valence-electron chi connectivity index (χ0n) is 23.7. The third kappa shape index (κ3) is 10.1. The predicted molar refractivity (Wildman–Crippen MR) is 153 cm³/mol. The molecule has 0 aromatic rings. The SMILES string of the molecule is C=C/C=C(\C=C/C)OP(=O)(NC(C)C(=O)OC(C)C)OCC1OC(N(C=O)/C=C(/F)C(N)=NC)C(Cl)(C#CC)C1O. The second-order valence-electron chi connectivity index (χ2n) is 8.78. The van der Waals surface area contributed by atoms with Gasteiger partial charge in [-0.05, 0) is 46.8 Å². The first-order valence-electron chi connectivity index (χ1n) is 12.4. The number of nitrogens with zero attached hydrogens (tertiary/aromatic N) is 2. The number of nitrogens with two attached hydrogens (primary N) is 1. The van der Waals surface area contributed by atoms with E-state index in [4.69, 9.17) is 35.9 Å². The molecule has 228 valence electrons. The zero-order chi connectivity index (χ0) is 31.4. The summed E-state index contributed by atoms with van der Waals surface area (Å²) in [5, 5.41) is 13.6. The standard InChI is InChI=1S/C26H37ClFN4O8P/c1-8-11-19(12-9-2)40-41(36,31-18(6)24(35)38-17(4)5)37-15-21-22(34)26(27,13-10-3)25(39-21)32(16-33)14-20(28)23(29)30-7/h8-9,11-12,14,16-18,21-22,25,34H,1,15H2,2-7H3,(H2,29,30)(H,31,36)/b12-9-,19-11+,20-14+. The molecule has 1 rings (SSSR count). The molecular formula is C26H37ClFN4O8P. The molecule has 6 unspecified atom stereocenters. The van der Waals surface area contributed by atoms with Crippen LogP contribution < -0.4 is 10.8 Å². The topological polar surface area (TPSA) is 162 Å². The van der Waals surface area contributed by atoms with E-state index in [1.807, 2.05) is 0 Å². The summed E-state index contributed by atoms with van der Waals surface area (Å²) >= 11 is 6.62. The van der Waals surface area contributed by atoms with E-state index in [9.17, 15) is 23.7 Å². The van der Waals surface area contributed by atoms with E-state index in [1.54, 1.807) is 26.8 Å². The Labute approximate surface area is 244 Å². The van der Waals surface area contributed by atoms with Gasteiger partial charge in [0.2, 0.25) is 6.41 Å². The lowest BCUT2D eigenvalue weighted by Gasteiger charge is -2.29. The molecule has 0 bridgehead atoms. The van der Waals surface area contributed by atoms with Crippen molar-refractivity contribution in [1.82, 2.24) is 9.99 Å². The normalized spacial score (nSPS) is 25.7. The third-order valence-corrected chi connectivity index (χ3v) is 7.36. The second-order valence-corrected chi connectivity index (χ2v) is 11.1. The minimum absolute atomic E-state index is 0.0694. The monoisotopic (exact) mass is 618 g/mol. The number of ether oxygens (including phenoxy) is 2. The smallest absolute Gasteiger partial charge is 0.459 e. The fourth-order valence-electron chi connectivity index (χ4n) is 3.38. The highest BCUT2D eigenvalue weighted by Gasteiger charge is 2.57. The highest BCUT2D eigenvalue weighted by Crippen LogP contribution is 2.48. The van der Waals surface area contributed by atoms with Crippen molar-refractivity contribution in [2.45, 2.75) is 70.1 Å². The molecule has 41 heavy (non-hydrogen) atoms. The van der Waals surface area contributed by atoms with Gasteiger partial charge in [0.15, 0.2) is 22.8 Å². The summed E-state index contributed by atoms with van der Waals surface area (Å²) in [6.07, 6.45) is 1.75. The van der Waals surface area contributed by atoms with Gasteiger partial charge >= 0.3 is 13.7 Å². The van der Waals surface area contributed by atoms with Gasteiger partial charge in [0, 0.05) is 13.2 Å². The van der Waals surface area contributed by atoms with E-state index in [2.05, 4.69) is 28.5 Å². The van der Waals surface area contributed by atoms with Crippen LogP contribution in [0.3, 0.4) is 0 Å². The van der Waals surface area contributed by atoms with Crippen LogP contribution in [0.2, 0.25) is 0 Å². The number of rotatable bonds is 15. The zero-order valence-corrected chi connectivity index (χ0v) is 25.4. The van der Waals surface area contributed by atoms with Crippen molar-refractivity contribution < 1.29 is 42.2 Å². The molecule has 0 radical (unpaired) electrons. The molecule has 0 saturated carbocycles. The average Bonchev–Trinajstić information content (AvgIpc) is 3.14. The maximum Gasteiger partial charge on any atom is 0.459 e. The number of allylic oxidation sites excluding steroid dienone is 4. The molecule has 1 heterocycles. The first kappa shape index (κ1) is 36.0. The molecule has 15 heteroatoms. The third-order valence-electron chi connectivity index (χ3n) is 5.21. The summed E-state index contributed by atoms with van der Waals surface area (Å²) in [7, 11) is -3.15. The average molecular weight is 619 g/mol. The van der Waals surface area contributed by atoms with Crippen LogP contribution >= 0.6 is 19.3 Å². The van der Waals surface area contributed by atoms with E-state index in [0.717, 1.165) is 0 Å². The predicted octanol–water partition coefficient (Wildman–Crippen LogP) is 3.05. The number of aliphatic imine (C=N–C) groups is 1. The van der Waals surface area contributed by atoms with Crippen molar-refractivity contribution >= 4 is 37.6 Å². The Bertz CT molecular complexity index is 1180. The summed E-state index contributed by atoms with van der Waals surface area (Å²) in [6, 6.07) is -1.15. The first-order chi connectivity index (χ1) is 19.2. The van der Waals surface area contributed by atoms with Gasteiger partial charge < -0.3 is 24.8 Å². The number of hydrogen-bond donors (Lipinski definition) is 3. The van der Waals surface area contributed by atoms with Gasteiger partial charge in [-0.15, -0.1) is 5.92 Å². The number of amidine groups is 1. The Morgan fingerprint density at radius 3 is 2.61 bits per heavy atom. The quantitative estimate of drug-likeness (QED) is 0.0286. The lowest BCUT2D eigenvalue weighted by atomic mass is 9.99. The Hall–Kier alpha value is -2.98. The van der Waals surface area contributed by atoms with Gasteiger partial charge in [0.05, 0.1) is 12.7 Å². The Morgan fingerprint density at radius 1 is 1.44 bits per heavy atom. The molecule has 0 aromatic heterocycles. The van der Waals surface area contributed by atoms with Crippen molar-refractivity contribution in [3.05, 3.63) is 48.7 Å². The fraction of sp³-hybridized carbons (Fsp3) is 0.500. The minimum Gasteiger partial charge on any atom is -0.462 e. The van der Waals surface area contributed by atoms with Gasteiger partial charge in [0.25, 0.3) is 0 Å². The van der Waals surface area contributed by atoms with E-state index < -0.39 is 67.4 Å². The number of carbonyl (C=O) groups excluding carboxylic acids is 2. The Kier molecular flexibility index (Phi) is 14.5. The van der Waals surface area contributed by atoms with E-state index in [0.29, 0.717) is 11.1 Å². The van der Waals surface area contributed by atoms with Crippen molar-refractivity contribution in [3.63, 3.8) is 0 Å². The number of halogens is 2. The number of esters is 1. The molecule has 6 atom stereocenters. The van der Waals surface area contributed by atoms with E-state index >= 15 is 0 Å². The number of nitrogens with one attached hydrogen (secondary N) is 1. The van der Waals surface area contributed by atoms with Crippen molar-refractivity contribution in [2.24, 2.45) is 10.7 Å². The number of amides is 1. The molecule has 1 fully saturated rings. The molecule has 0 spiro atoms. The maximum atomic E-state index is 14.4. The summed E-state index contributed by atoms with van der Waals surface area (Å²) in [5.41, 5.74) is 5.46. The number of aliphatic hydroxyl groups excluding tert-OH is 1. The van der Waals surface area contributed by atoms with Crippen molar-refractivity contribution in [1.29, 1.82) is 0 Å². The van der Waals surface area contributed by atoms with Gasteiger partial charge in [-0.3, -0.25) is 24.0 Å². The van der Waals surface area contributed by atoms with Gasteiger partial charge in [-0.25, -0.2) is 8.96 Å². The van der Waals surface area contributed by atoms with Crippen LogP contribution in [-0.2, 0) is 32.7 Å². The molecule has 1 aliphatic heterocycles. The summed E-state index contributed by atoms with van der Waals surface area (Å²) in [4.78, 5) is 26.5. The molecule has 1 saturated heterocycles. The Morgan fingerprint density at radius 2 is 2.10 bits per heavy atom. The van der Waals surface area contributed by atoms with Crippen LogP contribution in [0, 0.1) is 11.8 Å². The second kappa shape index (κ2) is 16.5. The molecule has 0 aliphatic carbocycles. The number of hydrogen-bond acceptors (Lipinski definition) is 9. The van der Waals surface area contributed by atoms with Crippen LogP contribution in [0.25, 0.3) is 0 Å². The lowest BCUT2D eigenvalue weighted by Crippen LogP contribution is -2.48. The molecular weight excluding hydrogens is 582 g/mol. The van der Waals surface area contributed by atoms with Crippen LogP contribution in [0.5, 0.6) is 0 Å². The minimum atomic E-state index is -4.39. The molecule has 0 aromatic carbocycles.